The first-order valence-corrected chi connectivity index (χ1v) is 14.7. The quantitative estimate of drug-likeness (QED) is 0.239. The van der Waals surface area contributed by atoms with E-state index in [1.54, 1.807) is 0 Å². The van der Waals surface area contributed by atoms with Crippen molar-refractivity contribution in [2.24, 2.45) is 0 Å². The summed E-state index contributed by atoms with van der Waals surface area (Å²) in [6.07, 6.45) is 2.41. The fourth-order valence-electron chi connectivity index (χ4n) is 5.39. The summed E-state index contributed by atoms with van der Waals surface area (Å²) in [5, 5.41) is 0. The first-order chi connectivity index (χ1) is 18.7. The van der Waals surface area contributed by atoms with E-state index in [4.69, 9.17) is 15.0 Å². The molecule has 4 heteroatoms. The van der Waals surface area contributed by atoms with Crippen molar-refractivity contribution in [2.75, 3.05) is 6.26 Å². The van der Waals surface area contributed by atoms with Gasteiger partial charge in [-0.1, -0.05) is 115 Å². The van der Waals surface area contributed by atoms with Crippen LogP contribution in [0.3, 0.4) is 0 Å². The third-order valence-electron chi connectivity index (χ3n) is 7.20. The monoisotopic (exact) mass is 507 g/mol. The lowest BCUT2D eigenvalue weighted by molar-refractivity contribution is 1.07. The minimum atomic E-state index is -1.54. The maximum Gasteiger partial charge on any atom is 0.165 e. The number of rotatable bonds is 4. The van der Waals surface area contributed by atoms with E-state index in [1.165, 1.54) is 25.8 Å². The topological polar surface area (TPSA) is 38.7 Å². The van der Waals surface area contributed by atoms with Crippen LogP contribution in [0.25, 0.3) is 45.3 Å². The number of aromatic nitrogens is 3. The van der Waals surface area contributed by atoms with Gasteiger partial charge in [-0.25, -0.2) is 15.0 Å². The molecule has 38 heavy (non-hydrogen) atoms. The van der Waals surface area contributed by atoms with Crippen LogP contribution in [0.4, 0.5) is 0 Å². The molecular weight excluding hydrogens is 482 g/mol. The predicted octanol–water partition coefficient (Wildman–Crippen LogP) is 8.76. The van der Waals surface area contributed by atoms with Crippen LogP contribution in [0.5, 0.6) is 0 Å². The number of fused-ring (bicyclic) bond motifs is 3. The van der Waals surface area contributed by atoms with E-state index in [2.05, 4.69) is 103 Å². The van der Waals surface area contributed by atoms with Crippen LogP contribution in [0.2, 0.25) is 0 Å². The molecule has 3 nitrogen and oxygen atoms in total. The van der Waals surface area contributed by atoms with Gasteiger partial charge >= 0.3 is 0 Å². The fraction of sp³-hybridized carbons (Fsp3) is 0.0294. The zero-order chi connectivity index (χ0) is 25.5. The van der Waals surface area contributed by atoms with Crippen molar-refractivity contribution in [2.45, 2.75) is 14.7 Å². The Morgan fingerprint density at radius 3 is 1.53 bits per heavy atom. The van der Waals surface area contributed by atoms with Crippen LogP contribution in [-0.2, 0) is 0 Å². The largest absolute Gasteiger partial charge is 0.208 e. The lowest BCUT2D eigenvalue weighted by Crippen LogP contribution is -2.04. The molecule has 0 amide bonds. The average Bonchev–Trinajstić information content (AvgIpc) is 3.28. The summed E-state index contributed by atoms with van der Waals surface area (Å²) in [5.41, 5.74) is 5.58. The summed E-state index contributed by atoms with van der Waals surface area (Å²) in [7, 11) is -1.54. The van der Waals surface area contributed by atoms with Crippen LogP contribution in [0, 0.1) is 0 Å². The second-order valence-corrected chi connectivity index (χ2v) is 12.6. The number of benzene rings is 5. The van der Waals surface area contributed by atoms with Crippen molar-refractivity contribution in [3.05, 3.63) is 133 Å². The average molecular weight is 508 g/mol. The second-order valence-electron chi connectivity index (χ2n) is 9.45. The van der Waals surface area contributed by atoms with Gasteiger partial charge in [-0.15, -0.1) is 0 Å². The molecule has 5 aromatic carbocycles. The molecule has 0 saturated carbocycles. The molecular formula is C34H25N3S. The molecule has 6 aromatic rings. The standard InChI is InChI=1S/C34H25N3S/c1-38(26-18-9-4-10-19-26)30-23-12-11-20-27(30)28-21-13-22-29(31(28)38)34-36-32(24-14-5-2-6-15-24)35-33(37-34)25-16-7-3-8-17-25/h2-23H,1H3. The Bertz CT molecular complexity index is 1710. The van der Waals surface area contributed by atoms with E-state index in [1.807, 2.05) is 36.4 Å². The molecule has 1 atom stereocenters. The van der Waals surface area contributed by atoms with E-state index in [0.717, 1.165) is 16.7 Å². The first-order valence-electron chi connectivity index (χ1n) is 12.7. The first kappa shape index (κ1) is 22.6. The SMILES string of the molecule is CS1(c2ccccc2)c2ccccc2-c2cccc(-c3nc(-c4ccccc4)nc(-c4ccccc4)n3)c21. The number of hydrogen-bond donors (Lipinski definition) is 0. The minimum absolute atomic E-state index is 0.680. The van der Waals surface area contributed by atoms with Crippen LogP contribution in [0.15, 0.2) is 148 Å². The Morgan fingerprint density at radius 2 is 0.895 bits per heavy atom. The van der Waals surface area contributed by atoms with Crippen LogP contribution in [0.1, 0.15) is 0 Å². The molecule has 0 bridgehead atoms. The van der Waals surface area contributed by atoms with E-state index in [-0.39, 0.29) is 0 Å². The van der Waals surface area contributed by atoms with Gasteiger partial charge in [0.25, 0.3) is 0 Å². The number of hydrogen-bond acceptors (Lipinski definition) is 3. The third-order valence-corrected chi connectivity index (χ3v) is 10.9. The van der Waals surface area contributed by atoms with E-state index in [0.29, 0.717) is 17.5 Å². The van der Waals surface area contributed by atoms with Gasteiger partial charge < -0.3 is 0 Å². The van der Waals surface area contributed by atoms with Crippen molar-refractivity contribution in [1.29, 1.82) is 0 Å². The second kappa shape index (κ2) is 9.09. The summed E-state index contributed by atoms with van der Waals surface area (Å²) >= 11 is 0. The molecule has 1 aromatic heterocycles. The molecule has 0 N–H and O–H groups in total. The van der Waals surface area contributed by atoms with Gasteiger partial charge in [0.05, 0.1) is 0 Å². The number of nitrogens with zero attached hydrogens (tertiary/aromatic N) is 3. The van der Waals surface area contributed by atoms with Crippen molar-refractivity contribution in [3.8, 4) is 45.3 Å². The van der Waals surface area contributed by atoms with Gasteiger partial charge in [0.1, 0.15) is 0 Å². The molecule has 1 aliphatic rings. The van der Waals surface area contributed by atoms with Crippen molar-refractivity contribution < 1.29 is 0 Å². The maximum atomic E-state index is 5.09. The molecule has 2 heterocycles. The lowest BCUT2D eigenvalue weighted by atomic mass is 10.0. The zero-order valence-corrected chi connectivity index (χ0v) is 21.8. The smallest absolute Gasteiger partial charge is 0.165 e. The normalized spacial score (nSPS) is 17.3. The predicted molar refractivity (Wildman–Crippen MR) is 156 cm³/mol. The lowest BCUT2D eigenvalue weighted by Gasteiger charge is -2.35. The van der Waals surface area contributed by atoms with Crippen LogP contribution >= 0.6 is 10.0 Å². The molecule has 1 unspecified atom stereocenters. The Morgan fingerprint density at radius 1 is 0.421 bits per heavy atom. The van der Waals surface area contributed by atoms with Crippen molar-refractivity contribution in [3.63, 3.8) is 0 Å². The summed E-state index contributed by atoms with van der Waals surface area (Å²) < 4.78 is 0. The highest BCUT2D eigenvalue weighted by Gasteiger charge is 2.39. The molecule has 1 aliphatic heterocycles. The molecule has 0 fully saturated rings. The van der Waals surface area contributed by atoms with E-state index < -0.39 is 10.0 Å². The molecule has 7 rings (SSSR count). The summed E-state index contributed by atoms with van der Waals surface area (Å²) in [6.45, 7) is 0. The van der Waals surface area contributed by atoms with Gasteiger partial charge in [-0.2, -0.15) is 10.0 Å². The molecule has 0 spiro atoms. The highest BCUT2D eigenvalue weighted by Crippen LogP contribution is 2.75. The summed E-state index contributed by atoms with van der Waals surface area (Å²) in [6, 6.07) is 46.6. The Kier molecular flexibility index (Phi) is 5.41. The van der Waals surface area contributed by atoms with Gasteiger partial charge in [0.15, 0.2) is 17.5 Å². The Labute approximate surface area is 224 Å². The van der Waals surface area contributed by atoms with Crippen molar-refractivity contribution in [1.82, 2.24) is 15.0 Å². The zero-order valence-electron chi connectivity index (χ0n) is 21.0. The summed E-state index contributed by atoms with van der Waals surface area (Å²) in [5.74, 6) is 2.06. The highest BCUT2D eigenvalue weighted by atomic mass is 32.3. The summed E-state index contributed by atoms with van der Waals surface area (Å²) in [4.78, 5) is 19.1. The van der Waals surface area contributed by atoms with E-state index in [9.17, 15) is 0 Å². The third kappa shape index (κ3) is 3.57. The minimum Gasteiger partial charge on any atom is -0.208 e. The van der Waals surface area contributed by atoms with E-state index >= 15 is 0 Å². The Hall–Kier alpha value is -4.54. The van der Waals surface area contributed by atoms with Crippen molar-refractivity contribution >= 4 is 10.0 Å². The highest BCUT2D eigenvalue weighted by molar-refractivity contribution is 8.33. The van der Waals surface area contributed by atoms with Gasteiger partial charge in [0.2, 0.25) is 0 Å². The fourth-order valence-corrected chi connectivity index (χ4v) is 8.98. The molecule has 0 saturated heterocycles. The maximum absolute atomic E-state index is 5.09. The van der Waals surface area contributed by atoms with Gasteiger partial charge in [-0.05, 0) is 40.5 Å². The van der Waals surface area contributed by atoms with Gasteiger partial charge in [-0.3, -0.25) is 0 Å². The molecule has 182 valence electrons. The van der Waals surface area contributed by atoms with Crippen LogP contribution in [-0.4, -0.2) is 21.2 Å². The molecule has 0 radical (unpaired) electrons. The molecule has 0 aliphatic carbocycles. The Balaban J connectivity index is 1.53. The van der Waals surface area contributed by atoms with Crippen LogP contribution < -0.4 is 0 Å². The van der Waals surface area contributed by atoms with Gasteiger partial charge in [0, 0.05) is 26.5 Å².